The minimum atomic E-state index is -0.461. The van der Waals surface area contributed by atoms with Crippen LogP contribution < -0.4 is 20.1 Å². The number of aromatic nitrogens is 1. The largest absolute Gasteiger partial charge is 0.508 e. The first-order valence-corrected chi connectivity index (χ1v) is 7.81. The molecule has 0 bridgehead atoms. The number of urea groups is 1. The number of aromatic hydroxyl groups is 1. The maximum atomic E-state index is 12.2. The van der Waals surface area contributed by atoms with Gasteiger partial charge in [0.1, 0.15) is 17.2 Å². The average molecular weight is 345 g/mol. The topological polar surface area (TPSA) is 92.7 Å². The number of carbonyl (C=O) groups excluding carboxylic acids is 1. The molecule has 0 aliphatic heterocycles. The highest BCUT2D eigenvalue weighted by molar-refractivity contribution is 7.22. The predicted octanol–water partition coefficient (Wildman–Crippen LogP) is 3.66. The molecule has 2 aromatic carbocycles. The Labute approximate surface area is 141 Å². The number of nitrogens with one attached hydrogen (secondary N) is 2. The molecule has 0 spiro atoms. The summed E-state index contributed by atoms with van der Waals surface area (Å²) in [5.74, 6) is 1.12. The highest BCUT2D eigenvalue weighted by Crippen LogP contribution is 2.34. The highest BCUT2D eigenvalue weighted by atomic mass is 32.1. The summed E-state index contributed by atoms with van der Waals surface area (Å²) in [7, 11) is 3.04. The van der Waals surface area contributed by atoms with E-state index in [1.807, 2.05) is 18.2 Å². The van der Waals surface area contributed by atoms with E-state index in [4.69, 9.17) is 9.47 Å². The number of phenols is 1. The SMILES string of the molecule is COc1cc(O)ccc1NC(=O)Nc1nc2cccc(OC)c2s1. The van der Waals surface area contributed by atoms with E-state index in [0.717, 1.165) is 10.2 Å². The number of anilines is 2. The number of hydrogen-bond donors (Lipinski definition) is 3. The Balaban J connectivity index is 1.78. The third-order valence-corrected chi connectivity index (χ3v) is 4.25. The summed E-state index contributed by atoms with van der Waals surface area (Å²) in [6.45, 7) is 0. The lowest BCUT2D eigenvalue weighted by Crippen LogP contribution is -2.19. The summed E-state index contributed by atoms with van der Waals surface area (Å²) >= 11 is 1.32. The fourth-order valence-corrected chi connectivity index (χ4v) is 3.12. The number of hydrogen-bond acceptors (Lipinski definition) is 6. The summed E-state index contributed by atoms with van der Waals surface area (Å²) in [5.41, 5.74) is 1.18. The molecule has 3 rings (SSSR count). The summed E-state index contributed by atoms with van der Waals surface area (Å²) in [6, 6.07) is 9.49. The molecule has 0 aliphatic carbocycles. The maximum Gasteiger partial charge on any atom is 0.325 e. The number of fused-ring (bicyclic) bond motifs is 1. The Hall–Kier alpha value is -3.00. The summed E-state index contributed by atoms with van der Waals surface area (Å²) in [4.78, 5) is 16.5. The quantitative estimate of drug-likeness (QED) is 0.628. The van der Waals surface area contributed by atoms with Crippen LogP contribution >= 0.6 is 11.3 Å². The lowest BCUT2D eigenvalue weighted by Gasteiger charge is -2.10. The molecule has 0 saturated carbocycles. The van der Waals surface area contributed by atoms with E-state index in [-0.39, 0.29) is 5.75 Å². The molecule has 8 heteroatoms. The summed E-state index contributed by atoms with van der Waals surface area (Å²) in [6.07, 6.45) is 0. The van der Waals surface area contributed by atoms with Crippen molar-refractivity contribution < 1.29 is 19.4 Å². The highest BCUT2D eigenvalue weighted by Gasteiger charge is 2.12. The zero-order valence-corrected chi connectivity index (χ0v) is 13.8. The van der Waals surface area contributed by atoms with Crippen LogP contribution in [0, 0.1) is 0 Å². The van der Waals surface area contributed by atoms with Crippen molar-refractivity contribution in [2.45, 2.75) is 0 Å². The van der Waals surface area contributed by atoms with Crippen LogP contribution in [0.4, 0.5) is 15.6 Å². The molecule has 0 atom stereocenters. The fourth-order valence-electron chi connectivity index (χ4n) is 2.17. The van der Waals surface area contributed by atoms with Crippen LogP contribution in [-0.4, -0.2) is 30.3 Å². The van der Waals surface area contributed by atoms with Crippen molar-refractivity contribution in [3.63, 3.8) is 0 Å². The number of amides is 2. The molecule has 0 radical (unpaired) electrons. The third kappa shape index (κ3) is 3.18. The lowest BCUT2D eigenvalue weighted by atomic mass is 10.3. The van der Waals surface area contributed by atoms with E-state index in [1.54, 1.807) is 13.2 Å². The van der Waals surface area contributed by atoms with Gasteiger partial charge in [0.2, 0.25) is 0 Å². The Kier molecular flexibility index (Phi) is 4.39. The molecule has 24 heavy (non-hydrogen) atoms. The first-order valence-electron chi connectivity index (χ1n) is 6.99. The van der Waals surface area contributed by atoms with Gasteiger partial charge in [0, 0.05) is 6.07 Å². The van der Waals surface area contributed by atoms with Gasteiger partial charge in [0.15, 0.2) is 5.13 Å². The van der Waals surface area contributed by atoms with Gasteiger partial charge < -0.3 is 19.9 Å². The molecule has 0 saturated heterocycles. The van der Waals surface area contributed by atoms with Crippen LogP contribution in [0.2, 0.25) is 0 Å². The minimum absolute atomic E-state index is 0.0519. The molecule has 0 aliphatic rings. The first-order chi connectivity index (χ1) is 11.6. The normalized spacial score (nSPS) is 10.4. The van der Waals surface area contributed by atoms with Crippen molar-refractivity contribution in [1.29, 1.82) is 0 Å². The van der Waals surface area contributed by atoms with E-state index < -0.39 is 6.03 Å². The second-order valence-corrected chi connectivity index (χ2v) is 5.79. The second-order valence-electron chi connectivity index (χ2n) is 4.79. The van der Waals surface area contributed by atoms with E-state index in [0.29, 0.717) is 22.3 Å². The van der Waals surface area contributed by atoms with Crippen molar-refractivity contribution in [1.82, 2.24) is 4.98 Å². The smallest absolute Gasteiger partial charge is 0.325 e. The van der Waals surface area contributed by atoms with Crippen LogP contribution in [0.5, 0.6) is 17.2 Å². The summed E-state index contributed by atoms with van der Waals surface area (Å²) in [5, 5.41) is 15.2. The van der Waals surface area contributed by atoms with Crippen LogP contribution in [-0.2, 0) is 0 Å². The van der Waals surface area contributed by atoms with Gasteiger partial charge >= 0.3 is 6.03 Å². The van der Waals surface area contributed by atoms with Crippen molar-refractivity contribution in [3.8, 4) is 17.2 Å². The molecule has 124 valence electrons. The molecule has 3 N–H and O–H groups in total. The number of nitrogens with zero attached hydrogens (tertiary/aromatic N) is 1. The van der Waals surface area contributed by atoms with E-state index >= 15 is 0 Å². The standard InChI is InChI=1S/C16H15N3O4S/c1-22-12-5-3-4-11-14(12)24-16(18-11)19-15(21)17-10-7-6-9(20)8-13(10)23-2/h3-8,20H,1-2H3,(H2,17,18,19,21). The van der Waals surface area contributed by atoms with E-state index in [2.05, 4.69) is 15.6 Å². The zero-order chi connectivity index (χ0) is 17.1. The number of benzene rings is 2. The second kappa shape index (κ2) is 6.63. The fraction of sp³-hybridized carbons (Fsp3) is 0.125. The Bertz CT molecular complexity index is 894. The Morgan fingerprint density at radius 2 is 1.92 bits per heavy atom. The van der Waals surface area contributed by atoms with Gasteiger partial charge in [0.05, 0.1) is 30.1 Å². The molecule has 0 fully saturated rings. The van der Waals surface area contributed by atoms with Crippen molar-refractivity contribution in [2.75, 3.05) is 24.9 Å². The number of ether oxygens (including phenoxy) is 2. The zero-order valence-electron chi connectivity index (χ0n) is 13.0. The minimum Gasteiger partial charge on any atom is -0.508 e. The van der Waals surface area contributed by atoms with Crippen LogP contribution in [0.15, 0.2) is 36.4 Å². The average Bonchev–Trinajstić information content (AvgIpc) is 2.98. The van der Waals surface area contributed by atoms with Gasteiger partial charge in [-0.3, -0.25) is 5.32 Å². The van der Waals surface area contributed by atoms with E-state index in [1.165, 1.54) is 30.6 Å². The number of phenolic OH excluding ortho intramolecular Hbond substituents is 1. The number of carbonyl (C=O) groups is 1. The molecule has 7 nitrogen and oxygen atoms in total. The van der Waals surface area contributed by atoms with Gasteiger partial charge in [-0.15, -0.1) is 0 Å². The molecule has 1 heterocycles. The molecular formula is C16H15N3O4S. The number of methoxy groups -OCH3 is 2. The van der Waals surface area contributed by atoms with Crippen molar-refractivity contribution >= 4 is 38.4 Å². The monoisotopic (exact) mass is 345 g/mol. The van der Waals surface area contributed by atoms with Crippen LogP contribution in [0.25, 0.3) is 10.2 Å². The number of rotatable bonds is 4. The van der Waals surface area contributed by atoms with Crippen molar-refractivity contribution in [2.24, 2.45) is 0 Å². The predicted molar refractivity (Wildman–Crippen MR) is 93.5 cm³/mol. The van der Waals surface area contributed by atoms with E-state index in [9.17, 15) is 9.90 Å². The lowest BCUT2D eigenvalue weighted by molar-refractivity contribution is 0.262. The molecular weight excluding hydrogens is 330 g/mol. The third-order valence-electron chi connectivity index (χ3n) is 3.25. The maximum absolute atomic E-state index is 12.2. The van der Waals surface area contributed by atoms with Gasteiger partial charge in [-0.25, -0.2) is 9.78 Å². The van der Waals surface area contributed by atoms with Gasteiger partial charge in [-0.1, -0.05) is 17.4 Å². The van der Waals surface area contributed by atoms with Gasteiger partial charge in [-0.2, -0.15) is 0 Å². The van der Waals surface area contributed by atoms with Crippen molar-refractivity contribution in [3.05, 3.63) is 36.4 Å². The van der Waals surface area contributed by atoms with Gasteiger partial charge in [0.25, 0.3) is 0 Å². The molecule has 2 amide bonds. The molecule has 1 aromatic heterocycles. The van der Waals surface area contributed by atoms with Gasteiger partial charge in [-0.05, 0) is 24.3 Å². The number of thiazole rings is 1. The summed E-state index contributed by atoms with van der Waals surface area (Å²) < 4.78 is 11.3. The Morgan fingerprint density at radius 3 is 2.67 bits per heavy atom. The molecule has 0 unspecified atom stereocenters. The Morgan fingerprint density at radius 1 is 1.12 bits per heavy atom. The van der Waals surface area contributed by atoms with Crippen LogP contribution in [0.3, 0.4) is 0 Å². The van der Waals surface area contributed by atoms with Crippen LogP contribution in [0.1, 0.15) is 0 Å². The first kappa shape index (κ1) is 15.9. The molecule has 3 aromatic rings.